The molecule has 0 aromatic heterocycles. The van der Waals surface area contributed by atoms with Gasteiger partial charge in [0, 0.05) is 11.4 Å². The molecule has 0 fully saturated rings. The van der Waals surface area contributed by atoms with Crippen LogP contribution in [0.4, 0.5) is 11.4 Å². The molecule has 0 radical (unpaired) electrons. The quantitative estimate of drug-likeness (QED) is 0.105. The van der Waals surface area contributed by atoms with Crippen molar-refractivity contribution in [3.05, 3.63) is 170 Å². The van der Waals surface area contributed by atoms with Crippen LogP contribution < -0.4 is 69.1 Å². The first kappa shape index (κ1) is 53.3. The second-order valence-corrected chi connectivity index (χ2v) is 18.5. The fourth-order valence-corrected chi connectivity index (χ4v) is 10.8. The zero-order valence-electron chi connectivity index (χ0n) is 31.7. The minimum absolute atomic E-state index is 0. The van der Waals surface area contributed by atoms with Gasteiger partial charge in [0.2, 0.25) is 0 Å². The summed E-state index contributed by atoms with van der Waals surface area (Å²) >= 11 is 0. The second kappa shape index (κ2) is 27.2. The van der Waals surface area contributed by atoms with E-state index in [0.717, 1.165) is 22.8 Å². The monoisotopic (exact) mass is 1230 g/mol. The maximum Gasteiger partial charge on any atom is 1.00 e. The van der Waals surface area contributed by atoms with Crippen LogP contribution in [0.3, 0.4) is 0 Å². The van der Waals surface area contributed by atoms with Gasteiger partial charge in [-0.15, -0.1) is 20.5 Å². The molecule has 0 amide bonds. The minimum Gasteiger partial charge on any atom is -0.254 e. The first-order valence-electron chi connectivity index (χ1n) is 16.9. The van der Waals surface area contributed by atoms with E-state index in [4.69, 9.17) is 47.3 Å². The molecule has 0 N–H and O–H groups in total. The minimum atomic E-state index is -4.94. The van der Waals surface area contributed by atoms with Gasteiger partial charge in [0.05, 0.1) is 0 Å². The van der Waals surface area contributed by atoms with E-state index in [0.29, 0.717) is 0 Å². The first-order valence-corrected chi connectivity index (χ1v) is 22.4. The Labute approximate surface area is 377 Å². The van der Waals surface area contributed by atoms with Gasteiger partial charge in [-0.05, 0) is 100 Å². The number of halogens is 2. The molecular weight excluding hydrogens is 1190 g/mol. The smallest absolute Gasteiger partial charge is 0.254 e. The molecule has 312 valence electrons. The molecule has 16 heteroatoms. The van der Waals surface area contributed by atoms with Crippen molar-refractivity contribution in [3.8, 4) is 0 Å². The summed E-state index contributed by atoms with van der Waals surface area (Å²) in [6.07, 6.45) is 0. The molecule has 0 heterocycles. The Morgan fingerprint density at radius 1 is 0.345 bits per heavy atom. The third-order valence-corrected chi connectivity index (χ3v) is 12.9. The predicted octanol–water partition coefficient (Wildman–Crippen LogP) is -0.938. The molecule has 0 aliphatic heterocycles. The van der Waals surface area contributed by atoms with Crippen molar-refractivity contribution in [1.29, 1.82) is 0 Å². The van der Waals surface area contributed by atoms with Crippen LogP contribution >= 0.6 is 15.8 Å². The Balaban J connectivity index is 0.000000458. The maximum absolute atomic E-state index is 8.49. The van der Waals surface area contributed by atoms with Crippen molar-refractivity contribution in [1.82, 2.24) is 0 Å². The molecule has 0 saturated carbocycles. The molecule has 0 bridgehead atoms. The number of hydrogen-bond acceptors (Lipinski definition) is 10. The average Bonchev–Trinajstić information content (AvgIpc) is 3.14. The van der Waals surface area contributed by atoms with Crippen LogP contribution in [0.2, 0.25) is 0 Å². The Morgan fingerprint density at radius 3 is 0.741 bits per heavy atom. The van der Waals surface area contributed by atoms with Crippen molar-refractivity contribution in [2.45, 2.75) is 27.7 Å². The van der Waals surface area contributed by atoms with E-state index in [1.165, 1.54) is 31.8 Å². The Bertz CT molecular complexity index is 1860. The Kier molecular flexibility index (Phi) is 25.0. The van der Waals surface area contributed by atoms with Crippen LogP contribution in [0.5, 0.6) is 0 Å². The Hall–Kier alpha value is -2.74. The summed E-state index contributed by atoms with van der Waals surface area (Å²) < 4.78 is 67.9. The van der Waals surface area contributed by atoms with Gasteiger partial charge in [-0.2, -0.15) is 0 Å². The van der Waals surface area contributed by atoms with Crippen molar-refractivity contribution >= 4 is 70.5 Å². The van der Waals surface area contributed by atoms with Crippen molar-refractivity contribution in [2.24, 2.45) is 9.98 Å². The van der Waals surface area contributed by atoms with Crippen LogP contribution in [0.25, 0.3) is 0 Å². The summed E-state index contributed by atoms with van der Waals surface area (Å²) in [4.78, 5) is 9.55. The van der Waals surface area contributed by atoms with E-state index < -0.39 is 36.3 Å². The molecule has 0 atom stereocenters. The molecule has 0 saturated heterocycles. The zero-order chi connectivity index (χ0) is 41.1. The van der Waals surface area contributed by atoms with E-state index in [-0.39, 0.29) is 44.8 Å². The zero-order valence-corrected chi connectivity index (χ0v) is 39.5. The first-order chi connectivity index (χ1) is 26.5. The fraction of sp³-hybridized carbons (Fsp3) is 0.0952. The number of nitrogens with zero attached hydrogens (tertiary/aromatic N) is 2. The van der Waals surface area contributed by atoms with Gasteiger partial charge in [-0.3, -0.25) is 9.98 Å². The van der Waals surface area contributed by atoms with Crippen molar-refractivity contribution in [2.75, 3.05) is 0 Å². The maximum atomic E-state index is 8.49. The number of benzene rings is 6. The summed E-state index contributed by atoms with van der Waals surface area (Å²) in [5.41, 5.74) is 4.35. The molecule has 0 spiro atoms. The van der Waals surface area contributed by atoms with E-state index in [1.807, 2.05) is 27.7 Å². The third-order valence-electron chi connectivity index (χ3n) is 7.28. The molecular formula is C42H42Au2Cl2N2O8P2+2. The van der Waals surface area contributed by atoms with Crippen LogP contribution in [-0.2, 0) is 44.8 Å². The van der Waals surface area contributed by atoms with Crippen LogP contribution in [0.1, 0.15) is 27.7 Å². The molecule has 6 aromatic rings. The summed E-state index contributed by atoms with van der Waals surface area (Å²) in [6, 6.07) is 60.3. The molecule has 6 rings (SSSR count). The molecule has 0 aliphatic carbocycles. The summed E-state index contributed by atoms with van der Waals surface area (Å²) in [7, 11) is -12.0. The number of hydrogen-bond donors (Lipinski definition) is 0. The Morgan fingerprint density at radius 2 is 0.534 bits per heavy atom. The topological polar surface area (TPSA) is 209 Å². The van der Waals surface area contributed by atoms with Crippen LogP contribution in [0.15, 0.2) is 180 Å². The van der Waals surface area contributed by atoms with E-state index in [9.17, 15) is 0 Å². The molecule has 0 aliphatic rings. The molecule has 10 nitrogen and oxygen atoms in total. The van der Waals surface area contributed by atoms with Gasteiger partial charge in [0.1, 0.15) is 59.0 Å². The third kappa shape index (κ3) is 21.0. The number of aliphatic imine (C=N–C) groups is 2. The van der Waals surface area contributed by atoms with E-state index >= 15 is 0 Å². The fourth-order valence-electron chi connectivity index (χ4n) is 5.42. The average molecular weight is 1230 g/mol. The SMILES string of the molecule is CC(C)=Nc1ccccc1[PH+](c1ccccc1)c1ccccc1.CC(C)=Nc1ccccc1[PH+](c1ccccc1)c1ccccc1.[Au+].[Au+].[O-][Cl+3]([O-])([O-])[O-].[O-][Cl+3]([O-])([O-])[O-]. The van der Waals surface area contributed by atoms with Gasteiger partial charge in [0.15, 0.2) is 0 Å². The van der Waals surface area contributed by atoms with Crippen LogP contribution in [0, 0.1) is 20.5 Å². The normalized spacial score (nSPS) is 10.4. The van der Waals surface area contributed by atoms with Gasteiger partial charge < -0.3 is 0 Å². The van der Waals surface area contributed by atoms with Gasteiger partial charge in [-0.25, -0.2) is 37.3 Å². The number of rotatable bonds is 8. The van der Waals surface area contributed by atoms with Gasteiger partial charge in [0.25, 0.3) is 0 Å². The summed E-state index contributed by atoms with van der Waals surface area (Å²) in [5.74, 6) is 0. The predicted molar refractivity (Wildman–Crippen MR) is 210 cm³/mol. The molecule has 58 heavy (non-hydrogen) atoms. The van der Waals surface area contributed by atoms with Crippen molar-refractivity contribution < 1.29 is 103 Å². The van der Waals surface area contributed by atoms with Gasteiger partial charge >= 0.3 is 44.8 Å². The van der Waals surface area contributed by atoms with E-state index in [1.54, 1.807) is 0 Å². The number of para-hydroxylation sites is 2. The largest absolute Gasteiger partial charge is 1.00 e. The van der Waals surface area contributed by atoms with Gasteiger partial charge in [-0.1, -0.05) is 97.1 Å². The molecule has 0 unspecified atom stereocenters. The standard InChI is InChI=1S/2C21H20NP.2Au.2ClHO4/c2*1-17(2)22-20-15-9-10-16-21(20)23(18-11-5-3-6-12-18)19-13-7-4-8-14-19;;;2*2-1(3,4)5/h2*3-16H,1-2H3;;;2*(H,2,3,4,5)/q;;2*+1;;. The summed E-state index contributed by atoms with van der Waals surface area (Å²) in [6.45, 7) is 8.20. The van der Waals surface area contributed by atoms with Crippen molar-refractivity contribution in [3.63, 3.8) is 0 Å². The van der Waals surface area contributed by atoms with Crippen LogP contribution in [-0.4, -0.2) is 11.4 Å². The summed E-state index contributed by atoms with van der Waals surface area (Å²) in [5, 5.41) is 8.24. The van der Waals surface area contributed by atoms with E-state index in [2.05, 4.69) is 170 Å². The second-order valence-electron chi connectivity index (χ2n) is 12.1. The molecule has 6 aromatic carbocycles.